The van der Waals surface area contributed by atoms with Gasteiger partial charge in [-0.25, -0.2) is 10.8 Å². The SMILES string of the molecule is Cc1cnc(NN)nc1Oc1cccc(C)c1[N+](=O)[O-]. The molecular formula is C12H13N5O3. The highest BCUT2D eigenvalue weighted by molar-refractivity contribution is 5.53. The lowest BCUT2D eigenvalue weighted by Crippen LogP contribution is -2.11. The molecule has 0 aliphatic heterocycles. The zero-order chi connectivity index (χ0) is 14.7. The van der Waals surface area contributed by atoms with E-state index in [1.807, 2.05) is 0 Å². The second-order valence-electron chi connectivity index (χ2n) is 4.11. The number of ether oxygens (including phenoxy) is 1. The first-order valence-corrected chi connectivity index (χ1v) is 5.75. The summed E-state index contributed by atoms with van der Waals surface area (Å²) in [6.45, 7) is 3.38. The summed E-state index contributed by atoms with van der Waals surface area (Å²) in [5.74, 6) is 5.73. The minimum absolute atomic E-state index is 0.0900. The third kappa shape index (κ3) is 2.64. The summed E-state index contributed by atoms with van der Waals surface area (Å²) in [5.41, 5.74) is 3.35. The lowest BCUT2D eigenvalue weighted by atomic mass is 10.2. The molecular weight excluding hydrogens is 262 g/mol. The molecule has 0 aliphatic carbocycles. The molecule has 0 amide bonds. The maximum Gasteiger partial charge on any atom is 0.314 e. The highest BCUT2D eigenvalue weighted by Gasteiger charge is 2.20. The number of nitrogens with two attached hydrogens (primary N) is 1. The molecule has 0 radical (unpaired) electrons. The Labute approximate surface area is 114 Å². The van der Waals surface area contributed by atoms with Gasteiger partial charge in [-0.15, -0.1) is 0 Å². The highest BCUT2D eigenvalue weighted by atomic mass is 16.6. The molecule has 8 nitrogen and oxygen atoms in total. The van der Waals surface area contributed by atoms with E-state index in [4.69, 9.17) is 10.6 Å². The minimum Gasteiger partial charge on any atom is -0.431 e. The van der Waals surface area contributed by atoms with Gasteiger partial charge in [0.05, 0.1) is 4.92 Å². The average molecular weight is 275 g/mol. The van der Waals surface area contributed by atoms with E-state index in [1.165, 1.54) is 12.3 Å². The zero-order valence-electron chi connectivity index (χ0n) is 11.0. The molecule has 0 fully saturated rings. The van der Waals surface area contributed by atoms with E-state index in [-0.39, 0.29) is 23.3 Å². The molecule has 1 aromatic carbocycles. The quantitative estimate of drug-likeness (QED) is 0.498. The van der Waals surface area contributed by atoms with Crippen LogP contribution >= 0.6 is 0 Å². The molecule has 1 aromatic heterocycles. The number of benzene rings is 1. The smallest absolute Gasteiger partial charge is 0.314 e. The van der Waals surface area contributed by atoms with Gasteiger partial charge in [0.1, 0.15) is 0 Å². The Kier molecular flexibility index (Phi) is 3.76. The summed E-state index contributed by atoms with van der Waals surface area (Å²) in [6, 6.07) is 4.84. The summed E-state index contributed by atoms with van der Waals surface area (Å²) in [6.07, 6.45) is 1.51. The van der Waals surface area contributed by atoms with Gasteiger partial charge in [0.25, 0.3) is 0 Å². The molecule has 20 heavy (non-hydrogen) atoms. The van der Waals surface area contributed by atoms with Gasteiger partial charge in [0.2, 0.25) is 17.6 Å². The molecule has 1 heterocycles. The van der Waals surface area contributed by atoms with Gasteiger partial charge >= 0.3 is 5.69 Å². The van der Waals surface area contributed by atoms with Crippen LogP contribution in [0, 0.1) is 24.0 Å². The van der Waals surface area contributed by atoms with Gasteiger partial charge < -0.3 is 4.74 Å². The molecule has 104 valence electrons. The number of nitrogens with one attached hydrogen (secondary N) is 1. The third-order valence-corrected chi connectivity index (χ3v) is 2.64. The highest BCUT2D eigenvalue weighted by Crippen LogP contribution is 2.34. The maximum atomic E-state index is 11.1. The summed E-state index contributed by atoms with van der Waals surface area (Å²) in [4.78, 5) is 18.6. The third-order valence-electron chi connectivity index (χ3n) is 2.64. The van der Waals surface area contributed by atoms with Gasteiger partial charge in [0.15, 0.2) is 0 Å². The van der Waals surface area contributed by atoms with Crippen LogP contribution in [0.15, 0.2) is 24.4 Å². The molecule has 2 aromatic rings. The molecule has 0 bridgehead atoms. The van der Waals surface area contributed by atoms with Gasteiger partial charge in [-0.05, 0) is 19.9 Å². The molecule has 0 saturated carbocycles. The van der Waals surface area contributed by atoms with E-state index in [1.54, 1.807) is 26.0 Å². The monoisotopic (exact) mass is 275 g/mol. The molecule has 2 rings (SSSR count). The topological polar surface area (TPSA) is 116 Å². The molecule has 0 aliphatic rings. The van der Waals surface area contributed by atoms with Crippen molar-refractivity contribution >= 4 is 11.6 Å². The van der Waals surface area contributed by atoms with Crippen molar-refractivity contribution in [2.24, 2.45) is 5.84 Å². The van der Waals surface area contributed by atoms with Crippen LogP contribution in [-0.4, -0.2) is 14.9 Å². The first kappa shape index (κ1) is 13.7. The fourth-order valence-electron chi connectivity index (χ4n) is 1.65. The summed E-state index contributed by atoms with van der Waals surface area (Å²) >= 11 is 0. The first-order valence-electron chi connectivity index (χ1n) is 5.75. The fraction of sp³-hybridized carbons (Fsp3) is 0.167. The van der Waals surface area contributed by atoms with Crippen molar-refractivity contribution in [2.45, 2.75) is 13.8 Å². The van der Waals surface area contributed by atoms with Crippen molar-refractivity contribution in [1.29, 1.82) is 0 Å². The van der Waals surface area contributed by atoms with Crippen molar-refractivity contribution in [3.05, 3.63) is 45.6 Å². The average Bonchev–Trinajstić information content (AvgIpc) is 2.41. The van der Waals surface area contributed by atoms with E-state index in [0.29, 0.717) is 11.1 Å². The number of nitro groups is 1. The van der Waals surface area contributed by atoms with Crippen LogP contribution in [0.1, 0.15) is 11.1 Å². The standard InChI is InChI=1S/C12H13N5O3/c1-7-4-3-5-9(10(7)17(18)19)20-11-8(2)6-14-12(15-11)16-13/h3-6H,13H2,1-2H3,(H,14,15,16). The number of aromatic nitrogens is 2. The van der Waals surface area contributed by atoms with Crippen molar-refractivity contribution < 1.29 is 9.66 Å². The van der Waals surface area contributed by atoms with E-state index in [0.717, 1.165) is 0 Å². The Hall–Kier alpha value is -2.74. The van der Waals surface area contributed by atoms with Crippen LogP contribution in [0.25, 0.3) is 0 Å². The lowest BCUT2D eigenvalue weighted by molar-refractivity contribution is -0.386. The molecule has 3 N–H and O–H groups in total. The Bertz CT molecular complexity index is 660. The van der Waals surface area contributed by atoms with Crippen molar-refractivity contribution in [3.8, 4) is 11.6 Å². The number of nitro benzene ring substituents is 1. The number of aryl methyl sites for hydroxylation is 2. The number of rotatable bonds is 4. The van der Waals surface area contributed by atoms with Crippen LogP contribution in [0.2, 0.25) is 0 Å². The number of anilines is 1. The minimum atomic E-state index is -0.483. The Morgan fingerprint density at radius 3 is 2.75 bits per heavy atom. The zero-order valence-corrected chi connectivity index (χ0v) is 11.0. The van der Waals surface area contributed by atoms with E-state index < -0.39 is 4.92 Å². The van der Waals surface area contributed by atoms with Crippen LogP contribution in [0.3, 0.4) is 0 Å². The Morgan fingerprint density at radius 1 is 1.35 bits per heavy atom. The van der Waals surface area contributed by atoms with Crippen molar-refractivity contribution in [2.75, 3.05) is 5.43 Å². The number of hydrazine groups is 1. The van der Waals surface area contributed by atoms with Crippen molar-refractivity contribution in [3.63, 3.8) is 0 Å². The molecule has 0 saturated heterocycles. The number of nitrogens with zero attached hydrogens (tertiary/aromatic N) is 3. The second-order valence-corrected chi connectivity index (χ2v) is 4.11. The summed E-state index contributed by atoms with van der Waals surface area (Å²) in [7, 11) is 0. The van der Waals surface area contributed by atoms with Crippen LogP contribution in [0.5, 0.6) is 11.6 Å². The lowest BCUT2D eigenvalue weighted by Gasteiger charge is -2.09. The summed E-state index contributed by atoms with van der Waals surface area (Å²) < 4.78 is 5.54. The largest absolute Gasteiger partial charge is 0.431 e. The second kappa shape index (κ2) is 5.49. The number of hydrogen-bond acceptors (Lipinski definition) is 7. The van der Waals surface area contributed by atoms with E-state index >= 15 is 0 Å². The van der Waals surface area contributed by atoms with Gasteiger partial charge in [-0.3, -0.25) is 15.5 Å². The van der Waals surface area contributed by atoms with E-state index in [2.05, 4.69) is 15.4 Å². The summed E-state index contributed by atoms with van der Waals surface area (Å²) in [5, 5.41) is 11.1. The predicted octanol–water partition coefficient (Wildman–Crippen LogP) is 2.08. The first-order chi connectivity index (χ1) is 9.52. The normalized spacial score (nSPS) is 10.2. The van der Waals surface area contributed by atoms with E-state index in [9.17, 15) is 10.1 Å². The molecule has 0 atom stereocenters. The molecule has 0 spiro atoms. The number of hydrogen-bond donors (Lipinski definition) is 2. The van der Waals surface area contributed by atoms with Gasteiger partial charge in [-0.2, -0.15) is 4.98 Å². The maximum absolute atomic E-state index is 11.1. The number of nitrogen functional groups attached to an aromatic ring is 1. The Balaban J connectivity index is 2.45. The van der Waals surface area contributed by atoms with Crippen LogP contribution in [0.4, 0.5) is 11.6 Å². The predicted molar refractivity (Wildman–Crippen MR) is 72.5 cm³/mol. The molecule has 8 heteroatoms. The van der Waals surface area contributed by atoms with Gasteiger partial charge in [0, 0.05) is 17.3 Å². The van der Waals surface area contributed by atoms with Crippen LogP contribution in [-0.2, 0) is 0 Å². The van der Waals surface area contributed by atoms with Crippen LogP contribution < -0.4 is 16.0 Å². The van der Waals surface area contributed by atoms with Gasteiger partial charge in [-0.1, -0.05) is 12.1 Å². The Morgan fingerprint density at radius 2 is 2.10 bits per heavy atom. The van der Waals surface area contributed by atoms with Crippen molar-refractivity contribution in [1.82, 2.24) is 9.97 Å². The fourth-order valence-corrected chi connectivity index (χ4v) is 1.65. The number of para-hydroxylation sites is 1. The molecule has 0 unspecified atom stereocenters.